The molecule has 1 aliphatic heterocycles. The number of carbonyl (C=O) groups is 1. The van der Waals surface area contributed by atoms with E-state index in [9.17, 15) is 14.7 Å². The summed E-state index contributed by atoms with van der Waals surface area (Å²) < 4.78 is 16.3. The van der Waals surface area contributed by atoms with Crippen molar-refractivity contribution >= 4 is 17.2 Å². The van der Waals surface area contributed by atoms with Gasteiger partial charge in [0.2, 0.25) is 0 Å². The number of rotatable bonds is 5. The van der Waals surface area contributed by atoms with Crippen LogP contribution >= 0.6 is 0 Å². The maximum Gasteiger partial charge on any atom is 0.341 e. The Morgan fingerprint density at radius 3 is 2.68 bits per heavy atom. The Labute approximate surface area is 163 Å². The van der Waals surface area contributed by atoms with E-state index in [2.05, 4.69) is 17.1 Å². The Balaban J connectivity index is 1.89. The van der Waals surface area contributed by atoms with Gasteiger partial charge in [-0.25, -0.2) is 9.18 Å². The average Bonchev–Trinajstić information content (AvgIpc) is 3.39. The molecule has 1 saturated heterocycles. The van der Waals surface area contributed by atoms with Gasteiger partial charge in [0.1, 0.15) is 5.56 Å². The second-order valence-electron chi connectivity index (χ2n) is 8.14. The molecule has 2 aliphatic rings. The molecule has 0 amide bonds. The van der Waals surface area contributed by atoms with Gasteiger partial charge in [0.05, 0.1) is 17.4 Å². The summed E-state index contributed by atoms with van der Waals surface area (Å²) in [4.78, 5) is 26.3. The van der Waals surface area contributed by atoms with E-state index in [0.29, 0.717) is 28.7 Å². The second kappa shape index (κ2) is 6.88. The van der Waals surface area contributed by atoms with Gasteiger partial charge in [0, 0.05) is 19.1 Å². The van der Waals surface area contributed by atoms with Crippen molar-refractivity contribution in [2.75, 3.05) is 25.0 Å². The largest absolute Gasteiger partial charge is 0.477 e. The number of anilines is 1. The Hall–Kier alpha value is -2.41. The molecule has 2 fully saturated rings. The number of fused-ring (bicyclic) bond motifs is 1. The van der Waals surface area contributed by atoms with Gasteiger partial charge in [-0.05, 0) is 69.2 Å². The number of carboxylic acids is 1. The third kappa shape index (κ3) is 2.98. The van der Waals surface area contributed by atoms with Crippen molar-refractivity contribution in [1.29, 1.82) is 0 Å². The van der Waals surface area contributed by atoms with Crippen LogP contribution < -0.4 is 15.8 Å². The van der Waals surface area contributed by atoms with Crippen LogP contribution in [0.2, 0.25) is 0 Å². The SMILES string of the molecule is CN[C@@H](C)C1CCN(c2c(F)cn3c(=O)c(C(=O)O)cc(C4CC4)c3c2C)C1. The van der Waals surface area contributed by atoms with Gasteiger partial charge >= 0.3 is 5.97 Å². The highest BCUT2D eigenvalue weighted by molar-refractivity contribution is 5.89. The zero-order chi connectivity index (χ0) is 20.2. The quantitative estimate of drug-likeness (QED) is 0.825. The molecular formula is C21H26FN3O3. The minimum atomic E-state index is -1.27. The molecule has 2 atom stereocenters. The second-order valence-corrected chi connectivity index (χ2v) is 8.14. The Morgan fingerprint density at radius 2 is 2.07 bits per heavy atom. The topological polar surface area (TPSA) is 74.0 Å². The van der Waals surface area contributed by atoms with Crippen LogP contribution in [0.5, 0.6) is 0 Å². The van der Waals surface area contributed by atoms with E-state index in [1.807, 2.05) is 14.0 Å². The molecule has 0 radical (unpaired) electrons. The predicted octanol–water partition coefficient (Wildman–Crippen LogP) is 2.76. The van der Waals surface area contributed by atoms with Crippen molar-refractivity contribution in [2.45, 2.75) is 45.1 Å². The fraction of sp³-hybridized carbons (Fsp3) is 0.524. The van der Waals surface area contributed by atoms with Crippen molar-refractivity contribution in [2.24, 2.45) is 5.92 Å². The molecule has 150 valence electrons. The van der Waals surface area contributed by atoms with Gasteiger partial charge in [0.25, 0.3) is 5.56 Å². The Kier molecular flexibility index (Phi) is 4.65. The minimum absolute atomic E-state index is 0.237. The van der Waals surface area contributed by atoms with E-state index in [1.54, 1.807) is 0 Å². The number of aryl methyl sites for hydroxylation is 1. The van der Waals surface area contributed by atoms with Gasteiger partial charge in [-0.2, -0.15) is 0 Å². The molecule has 0 spiro atoms. The van der Waals surface area contributed by atoms with Gasteiger partial charge in [-0.15, -0.1) is 0 Å². The van der Waals surface area contributed by atoms with E-state index in [1.165, 1.54) is 16.7 Å². The molecule has 1 saturated carbocycles. The highest BCUT2D eigenvalue weighted by atomic mass is 19.1. The van der Waals surface area contributed by atoms with Crippen LogP contribution in [0.4, 0.5) is 10.1 Å². The lowest BCUT2D eigenvalue weighted by atomic mass is 10.0. The lowest BCUT2D eigenvalue weighted by molar-refractivity contribution is 0.0694. The number of aromatic nitrogens is 1. The lowest BCUT2D eigenvalue weighted by Gasteiger charge is -2.25. The van der Waals surface area contributed by atoms with E-state index in [-0.39, 0.29) is 11.5 Å². The van der Waals surface area contributed by atoms with Crippen LogP contribution in [0.25, 0.3) is 5.52 Å². The molecule has 2 aromatic heterocycles. The van der Waals surface area contributed by atoms with Crippen molar-refractivity contribution in [3.63, 3.8) is 0 Å². The van der Waals surface area contributed by atoms with Gasteiger partial charge in [0.15, 0.2) is 5.82 Å². The molecule has 28 heavy (non-hydrogen) atoms. The van der Waals surface area contributed by atoms with Crippen LogP contribution in [-0.4, -0.2) is 41.7 Å². The molecule has 2 N–H and O–H groups in total. The summed E-state index contributed by atoms with van der Waals surface area (Å²) in [5, 5.41) is 12.7. The number of hydrogen-bond donors (Lipinski definition) is 2. The normalized spacial score (nSPS) is 20.7. The first-order valence-electron chi connectivity index (χ1n) is 9.87. The van der Waals surface area contributed by atoms with Crippen LogP contribution in [0, 0.1) is 18.7 Å². The first-order chi connectivity index (χ1) is 13.3. The molecule has 0 aromatic carbocycles. The summed E-state index contributed by atoms with van der Waals surface area (Å²) >= 11 is 0. The molecule has 0 bridgehead atoms. The van der Waals surface area contributed by atoms with Crippen molar-refractivity contribution in [1.82, 2.24) is 9.72 Å². The summed E-state index contributed by atoms with van der Waals surface area (Å²) in [5.41, 5.74) is 1.79. The van der Waals surface area contributed by atoms with Gasteiger partial charge in [-0.1, -0.05) is 0 Å². The number of aromatic carboxylic acids is 1. The average molecular weight is 387 g/mol. The molecule has 7 heteroatoms. The fourth-order valence-electron chi connectivity index (χ4n) is 4.52. The lowest BCUT2D eigenvalue weighted by Crippen LogP contribution is -2.33. The maximum atomic E-state index is 15.1. The zero-order valence-electron chi connectivity index (χ0n) is 16.5. The summed E-state index contributed by atoms with van der Waals surface area (Å²) in [6.45, 7) is 5.50. The zero-order valence-corrected chi connectivity index (χ0v) is 16.5. The van der Waals surface area contributed by atoms with E-state index >= 15 is 4.39 Å². The first-order valence-corrected chi connectivity index (χ1v) is 9.87. The van der Waals surface area contributed by atoms with E-state index in [0.717, 1.165) is 37.9 Å². The van der Waals surface area contributed by atoms with Gasteiger partial charge in [-0.3, -0.25) is 9.20 Å². The van der Waals surface area contributed by atoms with Crippen LogP contribution in [0.1, 0.15) is 53.6 Å². The minimum Gasteiger partial charge on any atom is -0.477 e. The Morgan fingerprint density at radius 1 is 1.36 bits per heavy atom. The molecule has 6 nitrogen and oxygen atoms in total. The number of pyridine rings is 2. The smallest absolute Gasteiger partial charge is 0.341 e. The summed E-state index contributed by atoms with van der Waals surface area (Å²) in [7, 11) is 1.93. The standard InChI is InChI=1S/C21H26FN3O3/c1-11-18-15(13-4-5-13)8-16(21(27)28)20(26)25(18)10-17(22)19(11)24-7-6-14(9-24)12(2)23-3/h8,10,12-14,23H,4-7,9H2,1-3H3,(H,27,28)/t12-,14?/m0/s1. The highest BCUT2D eigenvalue weighted by Crippen LogP contribution is 2.44. The maximum absolute atomic E-state index is 15.1. The molecule has 1 unspecified atom stereocenters. The third-order valence-corrected chi connectivity index (χ3v) is 6.39. The highest BCUT2D eigenvalue weighted by Gasteiger charge is 2.33. The summed E-state index contributed by atoms with van der Waals surface area (Å²) in [5.74, 6) is -1.08. The molecule has 1 aliphatic carbocycles. The first kappa shape index (κ1) is 18.9. The molecule has 4 rings (SSSR count). The molecule has 2 aromatic rings. The molecular weight excluding hydrogens is 361 g/mol. The fourth-order valence-corrected chi connectivity index (χ4v) is 4.52. The summed E-state index contributed by atoms with van der Waals surface area (Å²) in [6, 6.07) is 1.85. The van der Waals surface area contributed by atoms with E-state index < -0.39 is 17.3 Å². The van der Waals surface area contributed by atoms with Crippen molar-refractivity contribution in [3.8, 4) is 0 Å². The number of nitrogens with one attached hydrogen (secondary N) is 1. The monoisotopic (exact) mass is 387 g/mol. The summed E-state index contributed by atoms with van der Waals surface area (Å²) in [6.07, 6.45) is 4.08. The molecule has 3 heterocycles. The number of carboxylic acid groups (broad SMARTS) is 1. The number of hydrogen-bond acceptors (Lipinski definition) is 4. The Bertz CT molecular complexity index is 1010. The number of halogens is 1. The van der Waals surface area contributed by atoms with Gasteiger partial charge < -0.3 is 15.3 Å². The van der Waals surface area contributed by atoms with E-state index in [4.69, 9.17) is 0 Å². The predicted molar refractivity (Wildman–Crippen MR) is 106 cm³/mol. The van der Waals surface area contributed by atoms with Crippen molar-refractivity contribution in [3.05, 3.63) is 45.1 Å². The van der Waals surface area contributed by atoms with Crippen LogP contribution in [-0.2, 0) is 0 Å². The third-order valence-electron chi connectivity index (χ3n) is 6.39. The van der Waals surface area contributed by atoms with Crippen LogP contribution in [0.3, 0.4) is 0 Å². The number of nitrogens with zero attached hydrogens (tertiary/aromatic N) is 2. The van der Waals surface area contributed by atoms with Crippen LogP contribution in [0.15, 0.2) is 17.1 Å². The van der Waals surface area contributed by atoms with Crippen molar-refractivity contribution < 1.29 is 14.3 Å².